The van der Waals surface area contributed by atoms with Gasteiger partial charge in [-0.1, -0.05) is 29.8 Å². The molecule has 2 aromatic carbocycles. The maximum absolute atomic E-state index is 6.14. The van der Waals surface area contributed by atoms with E-state index in [4.69, 9.17) is 11.6 Å². The first kappa shape index (κ1) is 33.3. The Morgan fingerprint density at radius 2 is 1.40 bits per heavy atom. The Balaban J connectivity index is 0.000000626. The molecule has 35 heavy (non-hydrogen) atoms. The molecule has 1 aromatic heterocycles. The quantitative estimate of drug-likeness (QED) is 0.342. The molecule has 3 aromatic rings. The van der Waals surface area contributed by atoms with Crippen molar-refractivity contribution in [2.45, 2.75) is 60.3 Å². The summed E-state index contributed by atoms with van der Waals surface area (Å²) in [6, 6.07) is 16.1. The van der Waals surface area contributed by atoms with Crippen LogP contribution in [0.4, 0.5) is 11.4 Å². The van der Waals surface area contributed by atoms with Gasteiger partial charge in [0.15, 0.2) is 0 Å². The second kappa shape index (κ2) is 16.1. The summed E-state index contributed by atoms with van der Waals surface area (Å²) in [7, 11) is 0. The van der Waals surface area contributed by atoms with Crippen molar-refractivity contribution >= 4 is 33.3 Å². The van der Waals surface area contributed by atoms with Crippen molar-refractivity contribution in [1.82, 2.24) is 4.98 Å². The summed E-state index contributed by atoms with van der Waals surface area (Å²) in [6.07, 6.45) is 3.54. The minimum Gasteiger partial charge on any atom is -1.00 e. The Morgan fingerprint density at radius 3 is 1.86 bits per heavy atom. The van der Waals surface area contributed by atoms with E-state index >= 15 is 0 Å². The topological polar surface area (TPSA) is 37.6 Å². The SMILES string of the molecule is CC(=Nc1c(C)cccc1Cl)c1cccnc1.C[C]([Fe+2])=Nc1c(C(C)C)cccc1C(C)C.[Cl-].[Cl-]. The molecule has 0 saturated carbocycles. The van der Waals surface area contributed by atoms with Crippen LogP contribution in [-0.4, -0.2) is 15.3 Å². The number of hydrogen-bond donors (Lipinski definition) is 0. The summed E-state index contributed by atoms with van der Waals surface area (Å²) in [6.45, 7) is 14.7. The Bertz CT molecular complexity index is 1080. The Morgan fingerprint density at radius 1 is 0.829 bits per heavy atom. The average Bonchev–Trinajstić information content (AvgIpc) is 2.76. The third-order valence-electron chi connectivity index (χ3n) is 5.15. The number of rotatable bonds is 5. The van der Waals surface area contributed by atoms with Gasteiger partial charge in [-0.25, -0.2) is 0 Å². The molecule has 0 atom stereocenters. The van der Waals surface area contributed by atoms with E-state index in [1.54, 1.807) is 12.4 Å². The molecular formula is C28H33Cl3FeN3. The summed E-state index contributed by atoms with van der Waals surface area (Å²) in [4.78, 5) is 13.3. The van der Waals surface area contributed by atoms with Gasteiger partial charge in [0.2, 0.25) is 0 Å². The largest absolute Gasteiger partial charge is 1.00 e. The smallest absolute Gasteiger partial charge is 1.00 e. The molecule has 0 amide bonds. The van der Waals surface area contributed by atoms with Crippen LogP contribution in [0.15, 0.2) is 70.9 Å². The normalized spacial score (nSPS) is 11.4. The molecular weight excluding hydrogens is 541 g/mol. The third-order valence-corrected chi connectivity index (χ3v) is 5.58. The molecule has 0 N–H and O–H groups in total. The number of benzene rings is 2. The molecule has 1 heterocycles. The number of hydrogen-bond acceptors (Lipinski definition) is 3. The van der Waals surface area contributed by atoms with Gasteiger partial charge in [-0.15, -0.1) is 0 Å². The first-order chi connectivity index (χ1) is 15.6. The van der Waals surface area contributed by atoms with Gasteiger partial charge in [0.1, 0.15) is 0 Å². The summed E-state index contributed by atoms with van der Waals surface area (Å²) in [5.41, 5.74) is 7.57. The molecule has 0 aliphatic carbocycles. The molecule has 0 radical (unpaired) electrons. The van der Waals surface area contributed by atoms with E-state index in [1.165, 1.54) is 11.1 Å². The van der Waals surface area contributed by atoms with E-state index in [2.05, 4.69) is 76.9 Å². The number of aryl methyl sites for hydroxylation is 1. The number of aromatic nitrogens is 1. The number of para-hydroxylation sites is 2. The number of aliphatic imine (C=N–C) groups is 2. The number of pyridine rings is 1. The van der Waals surface area contributed by atoms with Crippen molar-refractivity contribution in [3.63, 3.8) is 0 Å². The molecule has 0 fully saturated rings. The van der Waals surface area contributed by atoms with E-state index in [0.717, 1.165) is 32.8 Å². The van der Waals surface area contributed by atoms with Gasteiger partial charge in [-0.2, -0.15) is 0 Å². The van der Waals surface area contributed by atoms with Crippen LogP contribution < -0.4 is 24.8 Å². The van der Waals surface area contributed by atoms with Gasteiger partial charge in [0.25, 0.3) is 0 Å². The van der Waals surface area contributed by atoms with Crippen LogP contribution in [-0.2, 0) is 16.0 Å². The summed E-state index contributed by atoms with van der Waals surface area (Å²) >= 11 is 10.0. The molecule has 0 aliphatic rings. The van der Waals surface area contributed by atoms with Crippen molar-refractivity contribution in [3.8, 4) is 0 Å². The molecule has 0 unspecified atom stereocenters. The fourth-order valence-corrected chi connectivity index (χ4v) is 3.75. The van der Waals surface area contributed by atoms with E-state index in [0.29, 0.717) is 16.9 Å². The first-order valence-electron chi connectivity index (χ1n) is 11.1. The maximum atomic E-state index is 6.14. The third kappa shape index (κ3) is 10.1. The number of halogens is 3. The van der Waals surface area contributed by atoms with Gasteiger partial charge in [-0.3, -0.25) is 9.98 Å². The average molecular weight is 574 g/mol. The van der Waals surface area contributed by atoms with Crippen molar-refractivity contribution in [3.05, 3.63) is 88.2 Å². The van der Waals surface area contributed by atoms with Crippen LogP contribution in [0.1, 0.15) is 75.6 Å². The van der Waals surface area contributed by atoms with Gasteiger partial charge < -0.3 is 24.8 Å². The molecule has 3 rings (SSSR count). The minimum atomic E-state index is 0. The minimum absolute atomic E-state index is 0. The van der Waals surface area contributed by atoms with Gasteiger partial charge in [0, 0.05) is 23.7 Å². The van der Waals surface area contributed by atoms with Crippen LogP contribution in [0.3, 0.4) is 0 Å². The van der Waals surface area contributed by atoms with E-state index in [9.17, 15) is 0 Å². The number of nitrogens with zero attached hydrogens (tertiary/aromatic N) is 3. The fraction of sp³-hybridized carbons (Fsp3) is 0.321. The zero-order valence-corrected chi connectivity index (χ0v) is 24.6. The molecule has 0 spiro atoms. The van der Waals surface area contributed by atoms with E-state index < -0.39 is 0 Å². The summed E-state index contributed by atoms with van der Waals surface area (Å²) in [5, 5.41) is 0.674. The van der Waals surface area contributed by atoms with Crippen molar-refractivity contribution < 1.29 is 40.8 Å². The molecule has 7 heteroatoms. The van der Waals surface area contributed by atoms with Crippen molar-refractivity contribution in [2.24, 2.45) is 9.98 Å². The summed E-state index contributed by atoms with van der Waals surface area (Å²) in [5.74, 6) is 0.994. The molecule has 0 aliphatic heterocycles. The Hall–Kier alpha value is -1.68. The van der Waals surface area contributed by atoms with E-state index in [1.807, 2.05) is 51.1 Å². The predicted molar refractivity (Wildman–Crippen MR) is 140 cm³/mol. The second-order valence-corrected chi connectivity index (χ2v) is 9.74. The molecule has 189 valence electrons. The summed E-state index contributed by atoms with van der Waals surface area (Å²) < 4.78 is 0.870. The van der Waals surface area contributed by atoms with Gasteiger partial charge >= 0.3 is 107 Å². The second-order valence-electron chi connectivity index (χ2n) is 8.53. The monoisotopic (exact) mass is 572 g/mol. The van der Waals surface area contributed by atoms with Crippen LogP contribution in [0.2, 0.25) is 5.02 Å². The van der Waals surface area contributed by atoms with Gasteiger partial charge in [-0.05, 0) is 31.5 Å². The zero-order valence-electron chi connectivity index (χ0n) is 21.3. The predicted octanol–water partition coefficient (Wildman–Crippen LogP) is 2.72. The molecule has 3 nitrogen and oxygen atoms in total. The molecule has 0 saturated heterocycles. The van der Waals surface area contributed by atoms with Crippen LogP contribution in [0.25, 0.3) is 0 Å². The zero-order chi connectivity index (χ0) is 24.5. The van der Waals surface area contributed by atoms with Crippen LogP contribution in [0.5, 0.6) is 0 Å². The van der Waals surface area contributed by atoms with E-state index in [-0.39, 0.29) is 24.8 Å². The van der Waals surface area contributed by atoms with Gasteiger partial charge in [0.05, 0.1) is 10.7 Å². The first-order valence-corrected chi connectivity index (χ1v) is 12.1. The van der Waals surface area contributed by atoms with Crippen molar-refractivity contribution in [1.29, 1.82) is 0 Å². The standard InChI is InChI=1S/C14H13ClN2.C14H20N.2ClH.Fe/c1-10-5-3-7-13(15)14(10)17-11(2)12-6-4-8-16-9-12;1-6-15-14-12(10(2)3)8-7-9-13(14)11(4)5;;;/h3-9H,1-2H3;7-11H,1-5H3;2*1H;/q;;;;+2/p-2. The Labute approximate surface area is 236 Å². The van der Waals surface area contributed by atoms with Crippen LogP contribution in [0, 0.1) is 6.92 Å². The maximum Gasteiger partial charge on any atom is -1.00 e. The van der Waals surface area contributed by atoms with Crippen molar-refractivity contribution in [2.75, 3.05) is 0 Å². The fourth-order valence-electron chi connectivity index (χ4n) is 3.37. The Kier molecular flexibility index (Phi) is 15.4. The van der Waals surface area contributed by atoms with Crippen LogP contribution >= 0.6 is 11.6 Å². The molecule has 0 bridgehead atoms.